The van der Waals surface area contributed by atoms with Crippen molar-refractivity contribution in [1.82, 2.24) is 24.4 Å². The van der Waals surface area contributed by atoms with Crippen LogP contribution in [0.15, 0.2) is 78.0 Å². The fourth-order valence-corrected chi connectivity index (χ4v) is 5.05. The molecule has 214 valence electrons. The van der Waals surface area contributed by atoms with Gasteiger partial charge in [0.2, 0.25) is 11.9 Å². The maximum Gasteiger partial charge on any atom is 0.259 e. The summed E-state index contributed by atoms with van der Waals surface area (Å²) in [7, 11) is 7.70. The summed E-state index contributed by atoms with van der Waals surface area (Å²) in [6, 6.07) is 17.2. The van der Waals surface area contributed by atoms with E-state index >= 15 is 0 Å². The average Bonchev–Trinajstić information content (AvgIpc) is 2.98. The van der Waals surface area contributed by atoms with Crippen LogP contribution in [-0.4, -0.2) is 58.0 Å². The van der Waals surface area contributed by atoms with Crippen molar-refractivity contribution in [3.05, 3.63) is 94.1 Å². The van der Waals surface area contributed by atoms with Crippen LogP contribution in [0.1, 0.15) is 12.5 Å². The van der Waals surface area contributed by atoms with E-state index in [0.717, 1.165) is 24.2 Å². The zero-order valence-corrected chi connectivity index (χ0v) is 25.0. The van der Waals surface area contributed by atoms with Gasteiger partial charge < -0.3 is 15.1 Å². The molecular weight excluding hydrogens is 550 g/mol. The summed E-state index contributed by atoms with van der Waals surface area (Å²) in [5.41, 5.74) is 5.29. The van der Waals surface area contributed by atoms with Crippen LogP contribution in [0.25, 0.3) is 33.3 Å². The van der Waals surface area contributed by atoms with Crippen LogP contribution in [0.2, 0.25) is 5.02 Å². The molecule has 5 aromatic rings. The third-order valence-electron chi connectivity index (χ3n) is 7.09. The third kappa shape index (κ3) is 6.02. The zero-order valence-electron chi connectivity index (χ0n) is 24.2. The number of nitrogens with one attached hydrogen (secondary N) is 1. The molecule has 0 aliphatic carbocycles. The lowest BCUT2D eigenvalue weighted by atomic mass is 9.99. The Hall–Kier alpha value is -4.60. The number of benzene rings is 2. The molecule has 0 unspecified atom stereocenters. The highest BCUT2D eigenvalue weighted by Crippen LogP contribution is 2.37. The molecule has 9 nitrogen and oxygen atoms in total. The Morgan fingerprint density at radius 3 is 2.43 bits per heavy atom. The van der Waals surface area contributed by atoms with Gasteiger partial charge in [-0.05, 0) is 62.5 Å². The first-order valence-electron chi connectivity index (χ1n) is 13.5. The highest BCUT2D eigenvalue weighted by molar-refractivity contribution is 6.34. The van der Waals surface area contributed by atoms with E-state index in [9.17, 15) is 9.59 Å². The normalized spacial score (nSPS) is 11.2. The standard InChI is InChI=1S/C32H32ClN7O2/c1-20(41)36-29-17-26(28(33)16-25(29)22-7-6-13-34-18-22)27-15-23-19-35-32(37-30(23)40(5)31(27)42)39(4)24-10-8-21(9-11-24)12-14-38(2)3/h6-11,13,15-19H,12,14H2,1-5H3,(H,36,41). The summed E-state index contributed by atoms with van der Waals surface area (Å²) < 4.78 is 1.50. The first-order chi connectivity index (χ1) is 20.1. The Balaban J connectivity index is 1.53. The van der Waals surface area contributed by atoms with Gasteiger partial charge >= 0.3 is 0 Å². The van der Waals surface area contributed by atoms with Gasteiger partial charge in [0.25, 0.3) is 5.56 Å². The van der Waals surface area contributed by atoms with Crippen molar-refractivity contribution < 1.29 is 4.79 Å². The number of anilines is 3. The van der Waals surface area contributed by atoms with Crippen molar-refractivity contribution >= 4 is 45.9 Å². The van der Waals surface area contributed by atoms with E-state index in [-0.39, 0.29) is 11.5 Å². The molecule has 0 bridgehead atoms. The number of carbonyl (C=O) groups excluding carboxylic acids is 1. The Bertz CT molecular complexity index is 1820. The summed E-state index contributed by atoms with van der Waals surface area (Å²) in [5.74, 6) is 0.228. The smallest absolute Gasteiger partial charge is 0.259 e. The van der Waals surface area contributed by atoms with Gasteiger partial charge in [0, 0.05) is 90.2 Å². The number of nitrogens with zero attached hydrogens (tertiary/aromatic N) is 6. The molecular formula is C32H32ClN7O2. The molecule has 0 fully saturated rings. The van der Waals surface area contributed by atoms with Crippen molar-refractivity contribution in [1.29, 1.82) is 0 Å². The molecule has 0 saturated heterocycles. The number of halogens is 1. The van der Waals surface area contributed by atoms with Crippen molar-refractivity contribution in [3.63, 3.8) is 0 Å². The second-order valence-corrected chi connectivity index (χ2v) is 10.9. The summed E-state index contributed by atoms with van der Waals surface area (Å²) >= 11 is 6.76. The van der Waals surface area contributed by atoms with Crippen LogP contribution in [0, 0.1) is 0 Å². The van der Waals surface area contributed by atoms with Crippen LogP contribution in [-0.2, 0) is 18.3 Å². The number of hydrogen-bond acceptors (Lipinski definition) is 7. The first-order valence-corrected chi connectivity index (χ1v) is 13.9. The van der Waals surface area contributed by atoms with Crippen molar-refractivity contribution in [2.75, 3.05) is 37.9 Å². The van der Waals surface area contributed by atoms with E-state index in [1.165, 1.54) is 17.1 Å². The monoisotopic (exact) mass is 581 g/mol. The lowest BCUT2D eigenvalue weighted by Crippen LogP contribution is -2.21. The molecule has 2 aromatic carbocycles. The van der Waals surface area contributed by atoms with Gasteiger partial charge in [-0.2, -0.15) is 4.98 Å². The molecule has 0 aliphatic heterocycles. The summed E-state index contributed by atoms with van der Waals surface area (Å²) in [5, 5.41) is 3.91. The third-order valence-corrected chi connectivity index (χ3v) is 7.40. The van der Waals surface area contributed by atoms with E-state index in [2.05, 4.69) is 46.4 Å². The molecule has 3 aromatic heterocycles. The molecule has 5 rings (SSSR count). The second kappa shape index (κ2) is 12.1. The topological polar surface area (TPSA) is 96.3 Å². The van der Waals surface area contributed by atoms with Gasteiger partial charge in [-0.25, -0.2) is 4.98 Å². The van der Waals surface area contributed by atoms with Crippen LogP contribution < -0.4 is 15.8 Å². The first kappa shape index (κ1) is 28.9. The fourth-order valence-electron chi connectivity index (χ4n) is 4.78. The maximum absolute atomic E-state index is 13.7. The maximum atomic E-state index is 13.7. The number of amides is 1. The minimum absolute atomic E-state index is 0.243. The number of aryl methyl sites for hydroxylation is 1. The van der Waals surface area contributed by atoms with Crippen LogP contribution >= 0.6 is 11.6 Å². The highest BCUT2D eigenvalue weighted by atomic mass is 35.5. The Kier molecular flexibility index (Phi) is 8.33. The van der Waals surface area contributed by atoms with E-state index in [0.29, 0.717) is 44.4 Å². The van der Waals surface area contributed by atoms with Crippen molar-refractivity contribution in [3.8, 4) is 22.3 Å². The fraction of sp³-hybridized carbons (Fsp3) is 0.219. The highest BCUT2D eigenvalue weighted by Gasteiger charge is 2.18. The largest absolute Gasteiger partial charge is 0.326 e. The molecule has 10 heteroatoms. The Morgan fingerprint density at radius 2 is 1.76 bits per heavy atom. The molecule has 42 heavy (non-hydrogen) atoms. The zero-order chi connectivity index (χ0) is 30.0. The van der Waals surface area contributed by atoms with Gasteiger partial charge in [-0.3, -0.25) is 19.1 Å². The number of fused-ring (bicyclic) bond motifs is 1. The van der Waals surface area contributed by atoms with Gasteiger partial charge in [-0.15, -0.1) is 0 Å². The Morgan fingerprint density at radius 1 is 1.00 bits per heavy atom. The predicted molar refractivity (Wildman–Crippen MR) is 170 cm³/mol. The Labute approximate surface area is 249 Å². The van der Waals surface area contributed by atoms with Crippen LogP contribution in [0.5, 0.6) is 0 Å². The molecule has 0 atom stereocenters. The SMILES string of the molecule is CC(=O)Nc1cc(-c2cc3cnc(N(C)c4ccc(CCN(C)C)cc4)nc3n(C)c2=O)c(Cl)cc1-c1cccnc1. The molecule has 3 heterocycles. The van der Waals surface area contributed by atoms with Crippen molar-refractivity contribution in [2.24, 2.45) is 7.05 Å². The van der Waals surface area contributed by atoms with E-state index in [1.54, 1.807) is 49.9 Å². The minimum atomic E-state index is -0.273. The molecule has 0 spiro atoms. The molecule has 1 amide bonds. The van der Waals surface area contributed by atoms with Crippen molar-refractivity contribution in [2.45, 2.75) is 13.3 Å². The summed E-state index contributed by atoms with van der Waals surface area (Å²) in [4.78, 5) is 43.3. The van der Waals surface area contributed by atoms with Gasteiger partial charge in [0.1, 0.15) is 5.65 Å². The quantitative estimate of drug-likeness (QED) is 0.257. The number of rotatable bonds is 8. The predicted octanol–water partition coefficient (Wildman–Crippen LogP) is 5.54. The van der Waals surface area contributed by atoms with Gasteiger partial charge in [0.05, 0.1) is 0 Å². The van der Waals surface area contributed by atoms with E-state index in [1.807, 2.05) is 30.1 Å². The number of likely N-dealkylation sites (N-methyl/N-ethyl adjacent to an activating group) is 1. The molecule has 0 radical (unpaired) electrons. The number of pyridine rings is 2. The van der Waals surface area contributed by atoms with E-state index in [4.69, 9.17) is 16.6 Å². The molecule has 1 N–H and O–H groups in total. The van der Waals surface area contributed by atoms with Gasteiger partial charge in [-0.1, -0.05) is 29.8 Å². The van der Waals surface area contributed by atoms with E-state index < -0.39 is 0 Å². The van der Waals surface area contributed by atoms with Gasteiger partial charge in [0.15, 0.2) is 0 Å². The number of aromatic nitrogens is 4. The summed E-state index contributed by atoms with van der Waals surface area (Å²) in [6.45, 7) is 2.41. The van der Waals surface area contributed by atoms with Crippen LogP contribution in [0.4, 0.5) is 17.3 Å². The lowest BCUT2D eigenvalue weighted by molar-refractivity contribution is -0.114. The molecule has 0 aliphatic rings. The molecule has 0 saturated carbocycles. The number of carbonyl (C=O) groups is 1. The lowest BCUT2D eigenvalue weighted by Gasteiger charge is -2.19. The summed E-state index contributed by atoms with van der Waals surface area (Å²) in [6.07, 6.45) is 6.04. The van der Waals surface area contributed by atoms with Crippen LogP contribution in [0.3, 0.4) is 0 Å². The number of hydrogen-bond donors (Lipinski definition) is 1. The average molecular weight is 582 g/mol. The minimum Gasteiger partial charge on any atom is -0.326 e. The second-order valence-electron chi connectivity index (χ2n) is 10.5.